The van der Waals surface area contributed by atoms with Gasteiger partial charge >= 0.3 is 6.01 Å². The molecule has 0 radical (unpaired) electrons. The van der Waals surface area contributed by atoms with Gasteiger partial charge in [-0.15, -0.1) is 0 Å². The quantitative estimate of drug-likeness (QED) is 0.666. The Kier molecular flexibility index (Phi) is 3.97. The summed E-state index contributed by atoms with van der Waals surface area (Å²) in [6.07, 6.45) is -0.163. The third-order valence-electron chi connectivity index (χ3n) is 1.69. The number of hydrogen-bond acceptors (Lipinski definition) is 6. The molecule has 15 heavy (non-hydrogen) atoms. The van der Waals surface area contributed by atoms with Gasteiger partial charge in [-0.1, -0.05) is 0 Å². The number of hydrogen-bond donors (Lipinski definition) is 2. The molecule has 2 atom stereocenters. The Hall–Kier alpha value is -1.71. The monoisotopic (exact) mass is 209 g/mol. The van der Waals surface area contributed by atoms with Crippen molar-refractivity contribution in [3.8, 4) is 12.1 Å². The Morgan fingerprint density at radius 3 is 2.53 bits per heavy atom. The smallest absolute Gasteiger partial charge is 0.316 e. The molecule has 1 heterocycles. The van der Waals surface area contributed by atoms with Gasteiger partial charge < -0.3 is 14.9 Å². The number of ether oxygens (including phenoxy) is 1. The van der Waals surface area contributed by atoms with E-state index >= 15 is 0 Å². The van der Waals surface area contributed by atoms with Gasteiger partial charge in [0.25, 0.3) is 0 Å². The van der Waals surface area contributed by atoms with E-state index in [0.717, 1.165) is 0 Å². The van der Waals surface area contributed by atoms with E-state index in [4.69, 9.17) is 15.1 Å². The van der Waals surface area contributed by atoms with Gasteiger partial charge in [-0.25, -0.2) is 9.97 Å². The second-order valence-electron chi connectivity index (χ2n) is 2.75. The number of rotatable bonds is 4. The molecule has 0 amide bonds. The molecule has 0 aromatic carbocycles. The number of nitrogens with zero attached hydrogens (tertiary/aromatic N) is 3. The molecule has 0 fully saturated rings. The zero-order valence-corrected chi connectivity index (χ0v) is 8.16. The maximum atomic E-state index is 9.42. The Morgan fingerprint density at radius 1 is 1.47 bits per heavy atom. The molecule has 6 nitrogen and oxygen atoms in total. The Bertz CT molecular complexity index is 347. The molecule has 1 aromatic heterocycles. The first-order chi connectivity index (χ1) is 7.19. The average Bonchev–Trinajstić information content (AvgIpc) is 2.28. The summed E-state index contributed by atoms with van der Waals surface area (Å²) in [5, 5.41) is 26.9. The van der Waals surface area contributed by atoms with Gasteiger partial charge in [-0.3, -0.25) is 0 Å². The third kappa shape index (κ3) is 2.87. The van der Waals surface area contributed by atoms with Crippen molar-refractivity contribution in [3.63, 3.8) is 0 Å². The first-order valence-electron chi connectivity index (χ1n) is 4.39. The van der Waals surface area contributed by atoms with Crippen molar-refractivity contribution in [2.75, 3.05) is 6.61 Å². The molecule has 0 saturated heterocycles. The van der Waals surface area contributed by atoms with Crippen molar-refractivity contribution in [1.82, 2.24) is 9.97 Å². The molecule has 0 bridgehead atoms. The predicted octanol–water partition coefficient (Wildman–Crippen LogP) is -0.207. The second-order valence-corrected chi connectivity index (χ2v) is 2.75. The van der Waals surface area contributed by atoms with Crippen LogP contribution in [0.25, 0.3) is 0 Å². The number of nitriles is 1. The number of aromatic nitrogens is 2. The van der Waals surface area contributed by atoms with Crippen LogP contribution in [0.15, 0.2) is 12.4 Å². The SMILES string of the molecule is CCOc1ncc(C(O)C(O)C#N)cn1. The highest BCUT2D eigenvalue weighted by Gasteiger charge is 2.18. The molecule has 2 N–H and O–H groups in total. The van der Waals surface area contributed by atoms with Crippen LogP contribution in [0.5, 0.6) is 6.01 Å². The van der Waals surface area contributed by atoms with Gasteiger partial charge in [0.05, 0.1) is 12.7 Å². The minimum absolute atomic E-state index is 0.194. The van der Waals surface area contributed by atoms with Crippen LogP contribution >= 0.6 is 0 Å². The van der Waals surface area contributed by atoms with Gasteiger partial charge in [0, 0.05) is 18.0 Å². The normalized spacial score (nSPS) is 14.0. The summed E-state index contributed by atoms with van der Waals surface area (Å²) >= 11 is 0. The molecule has 2 unspecified atom stereocenters. The van der Waals surface area contributed by atoms with Crippen LogP contribution in [-0.4, -0.2) is 32.9 Å². The van der Waals surface area contributed by atoms with Crippen LogP contribution in [0.1, 0.15) is 18.6 Å². The zero-order chi connectivity index (χ0) is 11.3. The minimum Gasteiger partial charge on any atom is -0.464 e. The molecule has 6 heteroatoms. The van der Waals surface area contributed by atoms with Crippen molar-refractivity contribution in [2.45, 2.75) is 19.1 Å². The lowest BCUT2D eigenvalue weighted by Crippen LogP contribution is -2.16. The van der Waals surface area contributed by atoms with E-state index in [1.54, 1.807) is 6.92 Å². The third-order valence-corrected chi connectivity index (χ3v) is 1.69. The summed E-state index contributed by atoms with van der Waals surface area (Å²) in [7, 11) is 0. The molecule has 0 saturated carbocycles. The summed E-state index contributed by atoms with van der Waals surface area (Å²) in [6, 6.07) is 1.72. The van der Waals surface area contributed by atoms with E-state index in [1.807, 2.05) is 0 Å². The van der Waals surface area contributed by atoms with Crippen LogP contribution in [0.4, 0.5) is 0 Å². The molecule has 0 aliphatic heterocycles. The summed E-state index contributed by atoms with van der Waals surface area (Å²) in [5.74, 6) is 0. The fourth-order valence-corrected chi connectivity index (χ4v) is 0.935. The fourth-order valence-electron chi connectivity index (χ4n) is 0.935. The van der Waals surface area contributed by atoms with Gasteiger partial charge in [0.2, 0.25) is 0 Å². The lowest BCUT2D eigenvalue weighted by atomic mass is 10.1. The lowest BCUT2D eigenvalue weighted by molar-refractivity contribution is 0.0522. The lowest BCUT2D eigenvalue weighted by Gasteiger charge is -2.10. The van der Waals surface area contributed by atoms with E-state index in [0.29, 0.717) is 6.61 Å². The van der Waals surface area contributed by atoms with E-state index in [9.17, 15) is 5.11 Å². The zero-order valence-electron chi connectivity index (χ0n) is 8.16. The summed E-state index contributed by atoms with van der Waals surface area (Å²) < 4.78 is 5.00. The summed E-state index contributed by atoms with van der Waals surface area (Å²) in [4.78, 5) is 7.58. The van der Waals surface area contributed by atoms with E-state index in [1.165, 1.54) is 18.5 Å². The van der Waals surface area contributed by atoms with Gasteiger partial charge in [-0.2, -0.15) is 5.26 Å². The molecule has 0 spiro atoms. The molecular formula is C9H11N3O3. The Morgan fingerprint density at radius 2 is 2.07 bits per heavy atom. The van der Waals surface area contributed by atoms with E-state index in [2.05, 4.69) is 9.97 Å². The van der Waals surface area contributed by atoms with Crippen molar-refractivity contribution in [2.24, 2.45) is 0 Å². The second kappa shape index (κ2) is 5.24. The first kappa shape index (κ1) is 11.4. The van der Waals surface area contributed by atoms with Gasteiger partial charge in [0.1, 0.15) is 6.10 Å². The maximum absolute atomic E-state index is 9.42. The number of aliphatic hydroxyl groups excluding tert-OH is 2. The molecule has 0 aliphatic rings. The molecule has 1 rings (SSSR count). The van der Waals surface area contributed by atoms with Crippen LogP contribution < -0.4 is 4.74 Å². The fraction of sp³-hybridized carbons (Fsp3) is 0.444. The molecule has 80 valence electrons. The molecule has 1 aromatic rings. The molecular weight excluding hydrogens is 198 g/mol. The van der Waals surface area contributed by atoms with Crippen molar-refractivity contribution >= 4 is 0 Å². The van der Waals surface area contributed by atoms with Crippen molar-refractivity contribution in [1.29, 1.82) is 5.26 Å². The van der Waals surface area contributed by atoms with Crippen LogP contribution in [0.2, 0.25) is 0 Å². The van der Waals surface area contributed by atoms with Crippen molar-refractivity contribution in [3.05, 3.63) is 18.0 Å². The highest BCUT2D eigenvalue weighted by atomic mass is 16.5. The summed E-state index contributed by atoms with van der Waals surface area (Å²) in [5.41, 5.74) is 0.271. The predicted molar refractivity (Wildman–Crippen MR) is 49.8 cm³/mol. The maximum Gasteiger partial charge on any atom is 0.316 e. The number of aliphatic hydroxyl groups is 2. The topological polar surface area (TPSA) is 99.3 Å². The highest BCUT2D eigenvalue weighted by molar-refractivity contribution is 5.14. The minimum atomic E-state index is -1.48. The summed E-state index contributed by atoms with van der Waals surface area (Å²) in [6.45, 7) is 2.24. The van der Waals surface area contributed by atoms with E-state index < -0.39 is 12.2 Å². The largest absolute Gasteiger partial charge is 0.464 e. The van der Waals surface area contributed by atoms with E-state index in [-0.39, 0.29) is 11.6 Å². The Labute approximate surface area is 86.8 Å². The molecule has 0 aliphatic carbocycles. The highest BCUT2D eigenvalue weighted by Crippen LogP contribution is 2.15. The van der Waals surface area contributed by atoms with Gasteiger partial charge in [-0.05, 0) is 6.92 Å². The standard InChI is InChI=1S/C9H11N3O3/c1-2-15-9-11-4-6(5-12-9)8(14)7(13)3-10/h4-5,7-8,13-14H,2H2,1H3. The van der Waals surface area contributed by atoms with Crippen molar-refractivity contribution < 1.29 is 14.9 Å². The Balaban J connectivity index is 2.76. The van der Waals surface area contributed by atoms with Gasteiger partial charge in [0.15, 0.2) is 6.10 Å². The van der Waals surface area contributed by atoms with Crippen LogP contribution in [-0.2, 0) is 0 Å². The van der Waals surface area contributed by atoms with Crippen LogP contribution in [0.3, 0.4) is 0 Å². The first-order valence-corrected chi connectivity index (χ1v) is 4.39. The average molecular weight is 209 g/mol. The van der Waals surface area contributed by atoms with Crippen LogP contribution in [0, 0.1) is 11.3 Å².